The third-order valence-corrected chi connectivity index (χ3v) is 3.74. The van der Waals surface area contributed by atoms with Gasteiger partial charge < -0.3 is 10.4 Å². The maximum Gasteiger partial charge on any atom is 0.311 e. The molecular formula is C13H19N3O2. The molecule has 0 saturated heterocycles. The van der Waals surface area contributed by atoms with Crippen LogP contribution in [0, 0.1) is 12.3 Å². The van der Waals surface area contributed by atoms with E-state index >= 15 is 0 Å². The molecule has 0 unspecified atom stereocenters. The lowest BCUT2D eigenvalue weighted by Crippen LogP contribution is -2.39. The van der Waals surface area contributed by atoms with Crippen LogP contribution in [0.3, 0.4) is 0 Å². The molecule has 98 valence electrons. The van der Waals surface area contributed by atoms with E-state index in [0.717, 1.165) is 37.8 Å². The summed E-state index contributed by atoms with van der Waals surface area (Å²) in [6, 6.07) is 0. The Morgan fingerprint density at radius 3 is 2.61 bits per heavy atom. The zero-order chi connectivity index (χ0) is 13.0. The van der Waals surface area contributed by atoms with Gasteiger partial charge in [-0.2, -0.15) is 0 Å². The summed E-state index contributed by atoms with van der Waals surface area (Å²) in [7, 11) is 0. The van der Waals surface area contributed by atoms with Crippen LogP contribution in [0.1, 0.15) is 37.8 Å². The Bertz CT molecular complexity index is 428. The van der Waals surface area contributed by atoms with Crippen molar-refractivity contribution < 1.29 is 9.90 Å². The Balaban J connectivity index is 2.06. The maximum absolute atomic E-state index is 11.5. The number of nitrogens with zero attached hydrogens (tertiary/aromatic N) is 2. The van der Waals surface area contributed by atoms with E-state index in [1.807, 2.05) is 6.92 Å². The highest BCUT2D eigenvalue weighted by Gasteiger charge is 2.39. The van der Waals surface area contributed by atoms with Gasteiger partial charge in [-0.15, -0.1) is 0 Å². The van der Waals surface area contributed by atoms with Crippen molar-refractivity contribution >= 4 is 11.8 Å². The van der Waals surface area contributed by atoms with Crippen molar-refractivity contribution in [3.8, 4) is 0 Å². The SMILES string of the molecule is Cc1nccnc1NCC1(C(=O)O)CCCCC1. The number of carbonyl (C=O) groups is 1. The van der Waals surface area contributed by atoms with Crippen LogP contribution >= 0.6 is 0 Å². The largest absolute Gasteiger partial charge is 0.481 e. The fraction of sp³-hybridized carbons (Fsp3) is 0.615. The van der Waals surface area contributed by atoms with E-state index in [2.05, 4.69) is 15.3 Å². The topological polar surface area (TPSA) is 75.1 Å². The molecule has 0 bridgehead atoms. The number of hydrogen-bond donors (Lipinski definition) is 2. The number of aryl methyl sites for hydroxylation is 1. The summed E-state index contributed by atoms with van der Waals surface area (Å²) >= 11 is 0. The smallest absolute Gasteiger partial charge is 0.311 e. The summed E-state index contributed by atoms with van der Waals surface area (Å²) < 4.78 is 0. The molecule has 1 fully saturated rings. The fourth-order valence-corrected chi connectivity index (χ4v) is 2.53. The molecule has 18 heavy (non-hydrogen) atoms. The molecule has 2 rings (SSSR count). The van der Waals surface area contributed by atoms with E-state index in [0.29, 0.717) is 12.4 Å². The minimum Gasteiger partial charge on any atom is -0.481 e. The highest BCUT2D eigenvalue weighted by molar-refractivity contribution is 5.75. The second-order valence-corrected chi connectivity index (χ2v) is 4.99. The molecule has 2 N–H and O–H groups in total. The van der Waals surface area contributed by atoms with Gasteiger partial charge in [0.15, 0.2) is 0 Å². The van der Waals surface area contributed by atoms with Crippen molar-refractivity contribution in [3.05, 3.63) is 18.1 Å². The van der Waals surface area contributed by atoms with Gasteiger partial charge in [0.25, 0.3) is 0 Å². The highest BCUT2D eigenvalue weighted by Crippen LogP contribution is 2.36. The number of rotatable bonds is 4. The quantitative estimate of drug-likeness (QED) is 0.855. The number of aromatic nitrogens is 2. The standard InChI is InChI=1S/C13H19N3O2/c1-10-11(15-8-7-14-10)16-9-13(12(17)18)5-3-2-4-6-13/h7-8H,2-6,9H2,1H3,(H,15,16)(H,17,18). The second kappa shape index (κ2) is 5.33. The molecule has 1 aliphatic rings. The molecule has 0 atom stereocenters. The summed E-state index contributed by atoms with van der Waals surface area (Å²) in [5.74, 6) is -0.0139. The van der Waals surface area contributed by atoms with Gasteiger partial charge >= 0.3 is 5.97 Å². The first-order valence-electron chi connectivity index (χ1n) is 6.39. The van der Waals surface area contributed by atoms with Gasteiger partial charge in [-0.25, -0.2) is 4.98 Å². The molecule has 5 nitrogen and oxygen atoms in total. The van der Waals surface area contributed by atoms with E-state index < -0.39 is 11.4 Å². The van der Waals surface area contributed by atoms with Crippen LogP contribution in [-0.2, 0) is 4.79 Å². The van der Waals surface area contributed by atoms with E-state index in [-0.39, 0.29) is 0 Å². The van der Waals surface area contributed by atoms with Crippen LogP contribution < -0.4 is 5.32 Å². The Morgan fingerprint density at radius 2 is 2.00 bits per heavy atom. The number of carboxylic acid groups (broad SMARTS) is 1. The van der Waals surface area contributed by atoms with E-state index in [1.54, 1.807) is 12.4 Å². The molecule has 0 aromatic carbocycles. The zero-order valence-corrected chi connectivity index (χ0v) is 10.6. The fourth-order valence-electron chi connectivity index (χ4n) is 2.53. The Morgan fingerprint density at radius 1 is 1.33 bits per heavy atom. The lowest BCUT2D eigenvalue weighted by atomic mass is 9.74. The molecule has 1 saturated carbocycles. The van der Waals surface area contributed by atoms with Crippen LogP contribution in [0.2, 0.25) is 0 Å². The van der Waals surface area contributed by atoms with Gasteiger partial charge in [-0.1, -0.05) is 19.3 Å². The van der Waals surface area contributed by atoms with Crippen LogP contribution in [-0.4, -0.2) is 27.6 Å². The normalized spacial score (nSPS) is 18.3. The highest BCUT2D eigenvalue weighted by atomic mass is 16.4. The van der Waals surface area contributed by atoms with Gasteiger partial charge in [0.05, 0.1) is 11.1 Å². The van der Waals surface area contributed by atoms with Crippen LogP contribution in [0.5, 0.6) is 0 Å². The molecule has 1 aromatic rings. The predicted octanol–water partition coefficient (Wildman–Crippen LogP) is 2.23. The van der Waals surface area contributed by atoms with E-state index in [1.165, 1.54) is 0 Å². The first-order valence-corrected chi connectivity index (χ1v) is 6.39. The van der Waals surface area contributed by atoms with Crippen LogP contribution in [0.4, 0.5) is 5.82 Å². The van der Waals surface area contributed by atoms with Crippen molar-refractivity contribution in [1.82, 2.24) is 9.97 Å². The first-order chi connectivity index (χ1) is 8.64. The van der Waals surface area contributed by atoms with Crippen LogP contribution in [0.25, 0.3) is 0 Å². The minimum absolute atomic E-state index is 0.432. The van der Waals surface area contributed by atoms with Crippen molar-refractivity contribution in [1.29, 1.82) is 0 Å². The summed E-state index contributed by atoms with van der Waals surface area (Å²) in [5, 5.41) is 12.6. The van der Waals surface area contributed by atoms with E-state index in [9.17, 15) is 9.90 Å². The summed E-state index contributed by atoms with van der Waals surface area (Å²) in [6.45, 7) is 2.30. The predicted molar refractivity (Wildman–Crippen MR) is 68.4 cm³/mol. The Kier molecular flexibility index (Phi) is 3.79. The first kappa shape index (κ1) is 12.8. The number of aliphatic carboxylic acids is 1. The van der Waals surface area contributed by atoms with Crippen molar-refractivity contribution in [2.24, 2.45) is 5.41 Å². The number of hydrogen-bond acceptors (Lipinski definition) is 4. The van der Waals surface area contributed by atoms with Gasteiger partial charge in [-0.05, 0) is 19.8 Å². The summed E-state index contributed by atoms with van der Waals surface area (Å²) in [6.07, 6.45) is 7.86. The third kappa shape index (κ3) is 2.60. The van der Waals surface area contributed by atoms with Crippen molar-refractivity contribution in [2.75, 3.05) is 11.9 Å². The van der Waals surface area contributed by atoms with Crippen molar-refractivity contribution in [2.45, 2.75) is 39.0 Å². The summed E-state index contributed by atoms with van der Waals surface area (Å²) in [5.41, 5.74) is 0.163. The van der Waals surface area contributed by atoms with Gasteiger partial charge in [-0.3, -0.25) is 9.78 Å². The van der Waals surface area contributed by atoms with Gasteiger partial charge in [0.2, 0.25) is 0 Å². The monoisotopic (exact) mass is 249 g/mol. The molecule has 1 aliphatic carbocycles. The molecule has 0 amide bonds. The van der Waals surface area contributed by atoms with Crippen molar-refractivity contribution in [3.63, 3.8) is 0 Å². The van der Waals surface area contributed by atoms with Crippen LogP contribution in [0.15, 0.2) is 12.4 Å². The molecular weight excluding hydrogens is 230 g/mol. The molecule has 1 aromatic heterocycles. The Labute approximate surface area is 107 Å². The molecule has 5 heteroatoms. The maximum atomic E-state index is 11.5. The second-order valence-electron chi connectivity index (χ2n) is 4.99. The lowest BCUT2D eigenvalue weighted by molar-refractivity contribution is -0.150. The zero-order valence-electron chi connectivity index (χ0n) is 10.6. The average Bonchev–Trinajstić information content (AvgIpc) is 2.39. The Hall–Kier alpha value is -1.65. The molecule has 0 aliphatic heterocycles. The number of nitrogens with one attached hydrogen (secondary N) is 1. The third-order valence-electron chi connectivity index (χ3n) is 3.74. The summed E-state index contributed by atoms with van der Waals surface area (Å²) in [4.78, 5) is 19.8. The van der Waals surface area contributed by atoms with Gasteiger partial charge in [0, 0.05) is 18.9 Å². The molecule has 0 radical (unpaired) electrons. The molecule has 0 spiro atoms. The number of anilines is 1. The molecule has 1 heterocycles. The minimum atomic E-state index is -0.698. The number of carboxylic acids is 1. The van der Waals surface area contributed by atoms with Gasteiger partial charge in [0.1, 0.15) is 5.82 Å². The van der Waals surface area contributed by atoms with E-state index in [4.69, 9.17) is 0 Å². The lowest BCUT2D eigenvalue weighted by Gasteiger charge is -2.33. The average molecular weight is 249 g/mol.